The Hall–Kier alpha value is -2.77. The molecule has 0 radical (unpaired) electrons. The van der Waals surface area contributed by atoms with Crippen LogP contribution in [0.3, 0.4) is 0 Å². The highest BCUT2D eigenvalue weighted by Crippen LogP contribution is 2.22. The average Bonchev–Trinajstić information content (AvgIpc) is 3.26. The molecule has 26 heavy (non-hydrogen) atoms. The summed E-state index contributed by atoms with van der Waals surface area (Å²) in [7, 11) is 0. The van der Waals surface area contributed by atoms with Gasteiger partial charge in [0.1, 0.15) is 18.1 Å². The van der Waals surface area contributed by atoms with Crippen molar-refractivity contribution in [3.63, 3.8) is 0 Å². The van der Waals surface area contributed by atoms with E-state index in [0.717, 1.165) is 5.76 Å². The molecule has 2 aromatic rings. The predicted molar refractivity (Wildman–Crippen MR) is 98.6 cm³/mol. The van der Waals surface area contributed by atoms with Gasteiger partial charge in [-0.1, -0.05) is 20.8 Å². The van der Waals surface area contributed by atoms with Gasteiger partial charge in [-0.15, -0.1) is 0 Å². The van der Waals surface area contributed by atoms with Gasteiger partial charge in [0.05, 0.1) is 25.5 Å². The maximum absolute atomic E-state index is 11.9. The molecule has 0 aliphatic heterocycles. The fourth-order valence-corrected chi connectivity index (χ4v) is 2.05. The highest BCUT2D eigenvalue weighted by atomic mass is 16.4. The van der Waals surface area contributed by atoms with Gasteiger partial charge in [0.15, 0.2) is 5.96 Å². The van der Waals surface area contributed by atoms with E-state index in [0.29, 0.717) is 37.2 Å². The Bertz CT molecular complexity index is 714. The number of carbonyl (C=O) groups excluding carboxylic acids is 1. The molecular weight excluding hydrogens is 334 g/mol. The number of rotatable bonds is 7. The zero-order chi connectivity index (χ0) is 19.0. The number of guanidine groups is 1. The van der Waals surface area contributed by atoms with Gasteiger partial charge in [-0.2, -0.15) is 0 Å². The van der Waals surface area contributed by atoms with E-state index in [1.165, 1.54) is 0 Å². The number of carbonyl (C=O) groups is 1. The third-order valence-corrected chi connectivity index (χ3v) is 3.46. The van der Waals surface area contributed by atoms with Crippen LogP contribution in [-0.4, -0.2) is 29.9 Å². The smallest absolute Gasteiger partial charge is 0.242 e. The van der Waals surface area contributed by atoms with Crippen LogP contribution >= 0.6 is 0 Å². The molecule has 0 spiro atoms. The monoisotopic (exact) mass is 361 g/mol. The van der Waals surface area contributed by atoms with Crippen LogP contribution in [-0.2, 0) is 23.3 Å². The number of nitrogens with zero attached hydrogens (tertiary/aromatic N) is 2. The van der Waals surface area contributed by atoms with E-state index >= 15 is 0 Å². The zero-order valence-corrected chi connectivity index (χ0v) is 15.8. The molecule has 0 saturated heterocycles. The van der Waals surface area contributed by atoms with Crippen molar-refractivity contribution in [1.82, 2.24) is 20.9 Å². The van der Waals surface area contributed by atoms with Gasteiger partial charge in [0.2, 0.25) is 11.8 Å². The number of furan rings is 1. The van der Waals surface area contributed by atoms with Crippen molar-refractivity contribution < 1.29 is 13.6 Å². The van der Waals surface area contributed by atoms with Crippen molar-refractivity contribution >= 4 is 11.9 Å². The minimum atomic E-state index is -0.190. The lowest BCUT2D eigenvalue weighted by atomic mass is 9.94. The van der Waals surface area contributed by atoms with Crippen LogP contribution < -0.4 is 16.0 Å². The fraction of sp³-hybridized carbons (Fsp3) is 0.500. The van der Waals surface area contributed by atoms with Crippen LogP contribution in [0.4, 0.5) is 0 Å². The number of oxazole rings is 1. The number of hydrogen-bond donors (Lipinski definition) is 3. The van der Waals surface area contributed by atoms with Gasteiger partial charge in [0, 0.05) is 12.0 Å². The molecular formula is C18H27N5O3. The highest BCUT2D eigenvalue weighted by Gasteiger charge is 2.19. The summed E-state index contributed by atoms with van der Waals surface area (Å²) in [5, 5.41) is 8.95. The van der Waals surface area contributed by atoms with Crippen molar-refractivity contribution in [1.29, 1.82) is 0 Å². The van der Waals surface area contributed by atoms with Gasteiger partial charge < -0.3 is 24.8 Å². The molecule has 0 unspecified atom stereocenters. The maximum Gasteiger partial charge on any atom is 0.242 e. The number of nitrogens with one attached hydrogen (secondary N) is 3. The predicted octanol–water partition coefficient (Wildman–Crippen LogP) is 1.94. The normalized spacial score (nSPS) is 12.1. The third-order valence-electron chi connectivity index (χ3n) is 3.46. The van der Waals surface area contributed by atoms with E-state index in [-0.39, 0.29) is 17.9 Å². The van der Waals surface area contributed by atoms with Gasteiger partial charge in [-0.25, -0.2) is 9.98 Å². The van der Waals surface area contributed by atoms with E-state index in [9.17, 15) is 4.79 Å². The van der Waals surface area contributed by atoms with Crippen LogP contribution in [0, 0.1) is 0 Å². The van der Waals surface area contributed by atoms with Crippen LogP contribution in [0.5, 0.6) is 0 Å². The summed E-state index contributed by atoms with van der Waals surface area (Å²) >= 11 is 0. The summed E-state index contributed by atoms with van der Waals surface area (Å²) in [6, 6.07) is 3.58. The van der Waals surface area contributed by atoms with E-state index in [2.05, 4.69) is 46.7 Å². The number of amides is 1. The highest BCUT2D eigenvalue weighted by molar-refractivity contribution is 5.84. The molecule has 0 bridgehead atoms. The van der Waals surface area contributed by atoms with Crippen molar-refractivity contribution in [2.24, 2.45) is 4.99 Å². The molecule has 2 heterocycles. The Morgan fingerprint density at radius 2 is 2.04 bits per heavy atom. The van der Waals surface area contributed by atoms with Gasteiger partial charge in [0.25, 0.3) is 0 Å². The van der Waals surface area contributed by atoms with Gasteiger partial charge in [-0.05, 0) is 19.1 Å². The summed E-state index contributed by atoms with van der Waals surface area (Å²) in [5.41, 5.74) is -0.0874. The Labute approximate surface area is 153 Å². The first-order valence-electron chi connectivity index (χ1n) is 8.65. The molecule has 2 rings (SSSR count). The molecule has 0 atom stereocenters. The van der Waals surface area contributed by atoms with Gasteiger partial charge in [-0.3, -0.25) is 4.79 Å². The van der Waals surface area contributed by atoms with E-state index in [4.69, 9.17) is 8.83 Å². The van der Waals surface area contributed by atoms with Crippen molar-refractivity contribution in [2.45, 2.75) is 46.2 Å². The standard InChI is InChI=1S/C18H27N5O3/c1-5-19-17(22-11-15(24)20-9-13-7-6-8-25-13)23-12-16-21-10-14(26-16)18(2,3)4/h6-8,10H,5,9,11-12H2,1-4H3,(H,20,24)(H2,19,22,23). The van der Waals surface area contributed by atoms with Crippen molar-refractivity contribution in [2.75, 3.05) is 13.1 Å². The van der Waals surface area contributed by atoms with Crippen molar-refractivity contribution in [3.8, 4) is 0 Å². The first-order chi connectivity index (χ1) is 12.4. The molecule has 8 nitrogen and oxygen atoms in total. The Morgan fingerprint density at radius 1 is 1.23 bits per heavy atom. The maximum atomic E-state index is 11.9. The minimum absolute atomic E-state index is 0.00880. The van der Waals surface area contributed by atoms with Crippen molar-refractivity contribution in [3.05, 3.63) is 42.0 Å². The van der Waals surface area contributed by atoms with Crippen LogP contribution in [0.1, 0.15) is 45.1 Å². The number of hydrogen-bond acceptors (Lipinski definition) is 5. The summed E-state index contributed by atoms with van der Waals surface area (Å²) in [6.45, 7) is 9.57. The summed E-state index contributed by atoms with van der Waals surface area (Å²) in [4.78, 5) is 20.4. The molecule has 0 saturated carbocycles. The second-order valence-electron chi connectivity index (χ2n) is 6.77. The lowest BCUT2D eigenvalue weighted by Gasteiger charge is -2.13. The molecule has 2 aromatic heterocycles. The van der Waals surface area contributed by atoms with Gasteiger partial charge >= 0.3 is 0 Å². The lowest BCUT2D eigenvalue weighted by molar-refractivity contribution is -0.119. The molecule has 142 valence electrons. The first kappa shape index (κ1) is 19.6. The van der Waals surface area contributed by atoms with E-state index < -0.39 is 0 Å². The topological polar surface area (TPSA) is 105 Å². The molecule has 0 aromatic carbocycles. The SMILES string of the molecule is CCNC(=NCC(=O)NCc1ccco1)NCc1ncc(C(C)(C)C)o1. The molecule has 3 N–H and O–H groups in total. The Kier molecular flexibility index (Phi) is 6.82. The molecule has 1 amide bonds. The lowest BCUT2D eigenvalue weighted by Crippen LogP contribution is -2.38. The van der Waals surface area contributed by atoms with Crippen LogP contribution in [0.15, 0.2) is 38.4 Å². The second-order valence-corrected chi connectivity index (χ2v) is 6.77. The minimum Gasteiger partial charge on any atom is -0.467 e. The average molecular weight is 361 g/mol. The summed E-state index contributed by atoms with van der Waals surface area (Å²) < 4.78 is 10.9. The molecule has 0 fully saturated rings. The number of aliphatic imine (C=N–C) groups is 1. The summed E-state index contributed by atoms with van der Waals surface area (Å²) in [5.74, 6) is 2.43. The Morgan fingerprint density at radius 3 is 2.65 bits per heavy atom. The van der Waals surface area contributed by atoms with E-state index in [1.54, 1.807) is 24.6 Å². The van der Waals surface area contributed by atoms with Crippen LogP contribution in [0.25, 0.3) is 0 Å². The third kappa shape index (κ3) is 6.27. The quantitative estimate of drug-likeness (QED) is 0.514. The molecule has 0 aliphatic carbocycles. The van der Waals surface area contributed by atoms with Crippen LogP contribution in [0.2, 0.25) is 0 Å². The first-order valence-corrected chi connectivity index (χ1v) is 8.65. The second kappa shape index (κ2) is 9.07. The number of aromatic nitrogens is 1. The fourth-order valence-electron chi connectivity index (χ4n) is 2.05. The largest absolute Gasteiger partial charge is 0.467 e. The van der Waals surface area contributed by atoms with E-state index in [1.807, 2.05) is 6.92 Å². The molecule has 0 aliphatic rings. The molecule has 8 heteroatoms. The Balaban J connectivity index is 1.83. The summed E-state index contributed by atoms with van der Waals surface area (Å²) in [6.07, 6.45) is 3.31. The zero-order valence-electron chi connectivity index (χ0n) is 15.8.